The first kappa shape index (κ1) is 9.60. The van der Waals surface area contributed by atoms with Crippen LogP contribution in [0.1, 0.15) is 10.5 Å². The Morgan fingerprint density at radius 3 is 2.80 bits per heavy atom. The second-order valence-electron chi connectivity index (χ2n) is 2.84. The topological polar surface area (TPSA) is 94.9 Å². The second-order valence-corrected chi connectivity index (χ2v) is 3.87. The summed E-state index contributed by atoms with van der Waals surface area (Å²) < 4.78 is 0. The number of amides is 1. The Hall–Kier alpha value is -1.95. The van der Waals surface area contributed by atoms with Crippen LogP contribution in [-0.2, 0) is 0 Å². The van der Waals surface area contributed by atoms with Gasteiger partial charge in [0.25, 0.3) is 5.91 Å². The van der Waals surface area contributed by atoms with Crippen molar-refractivity contribution < 1.29 is 4.79 Å². The van der Waals surface area contributed by atoms with Gasteiger partial charge in [0.15, 0.2) is 5.69 Å². The molecule has 0 atom stereocenters. The standard InChI is InChI=1S/C9H8N4OS/c10-7(14)6-8(11)15-9(13-6)5-2-1-3-12-4-5/h1-4H,11H2,(H2,10,14). The Kier molecular flexibility index (Phi) is 2.34. The van der Waals surface area contributed by atoms with E-state index in [9.17, 15) is 4.79 Å². The van der Waals surface area contributed by atoms with Crippen LogP contribution in [0.25, 0.3) is 10.6 Å². The highest BCUT2D eigenvalue weighted by molar-refractivity contribution is 7.19. The van der Waals surface area contributed by atoms with Gasteiger partial charge in [-0.05, 0) is 12.1 Å². The van der Waals surface area contributed by atoms with Gasteiger partial charge in [-0.15, -0.1) is 0 Å². The van der Waals surface area contributed by atoms with Gasteiger partial charge in [-0.2, -0.15) is 0 Å². The van der Waals surface area contributed by atoms with Gasteiger partial charge in [-0.25, -0.2) is 4.98 Å². The van der Waals surface area contributed by atoms with E-state index in [2.05, 4.69) is 9.97 Å². The molecule has 0 aliphatic carbocycles. The Labute approximate surface area is 89.8 Å². The Morgan fingerprint density at radius 2 is 2.27 bits per heavy atom. The lowest BCUT2D eigenvalue weighted by molar-refractivity contribution is 0.0997. The summed E-state index contributed by atoms with van der Waals surface area (Å²) in [6.45, 7) is 0. The minimum Gasteiger partial charge on any atom is -0.389 e. The van der Waals surface area contributed by atoms with Gasteiger partial charge in [0.2, 0.25) is 0 Å². The quantitative estimate of drug-likeness (QED) is 0.785. The van der Waals surface area contributed by atoms with Crippen molar-refractivity contribution in [2.75, 3.05) is 5.73 Å². The van der Waals surface area contributed by atoms with Gasteiger partial charge in [0, 0.05) is 18.0 Å². The number of rotatable bonds is 2. The fourth-order valence-corrected chi connectivity index (χ4v) is 1.95. The molecule has 0 fully saturated rings. The number of carbonyl (C=O) groups excluding carboxylic acids is 1. The van der Waals surface area contributed by atoms with Crippen molar-refractivity contribution in [3.63, 3.8) is 0 Å². The maximum absolute atomic E-state index is 10.9. The molecule has 1 amide bonds. The number of nitrogens with two attached hydrogens (primary N) is 2. The molecule has 0 aliphatic rings. The van der Waals surface area contributed by atoms with Gasteiger partial charge >= 0.3 is 0 Å². The summed E-state index contributed by atoms with van der Waals surface area (Å²) in [7, 11) is 0. The molecule has 5 nitrogen and oxygen atoms in total. The molecule has 2 heterocycles. The highest BCUT2D eigenvalue weighted by Gasteiger charge is 2.14. The molecule has 6 heteroatoms. The predicted octanol–water partition coefficient (Wildman–Crippen LogP) is 0.886. The second kappa shape index (κ2) is 3.66. The number of pyridine rings is 1. The van der Waals surface area contributed by atoms with Crippen molar-refractivity contribution >= 4 is 22.2 Å². The van der Waals surface area contributed by atoms with Crippen LogP contribution in [0.4, 0.5) is 5.00 Å². The molecule has 76 valence electrons. The van der Waals surface area contributed by atoms with E-state index < -0.39 is 5.91 Å². The van der Waals surface area contributed by atoms with E-state index in [1.54, 1.807) is 18.5 Å². The number of thiazole rings is 1. The van der Waals surface area contributed by atoms with E-state index in [-0.39, 0.29) is 5.69 Å². The number of nitrogen functional groups attached to an aromatic ring is 1. The average molecular weight is 220 g/mol. The highest BCUT2D eigenvalue weighted by atomic mass is 32.1. The summed E-state index contributed by atoms with van der Waals surface area (Å²) in [5.41, 5.74) is 11.7. The molecule has 2 aromatic heterocycles. The van der Waals surface area contributed by atoms with Gasteiger partial charge in [0.1, 0.15) is 10.0 Å². The monoisotopic (exact) mass is 220 g/mol. The zero-order chi connectivity index (χ0) is 10.8. The maximum atomic E-state index is 10.9. The predicted molar refractivity (Wildman–Crippen MR) is 58.3 cm³/mol. The molecule has 2 aromatic rings. The van der Waals surface area contributed by atoms with Crippen LogP contribution in [0.3, 0.4) is 0 Å². The molecule has 0 saturated carbocycles. The van der Waals surface area contributed by atoms with Gasteiger partial charge < -0.3 is 11.5 Å². The molecule has 0 unspecified atom stereocenters. The summed E-state index contributed by atoms with van der Waals surface area (Å²) >= 11 is 1.22. The smallest absolute Gasteiger partial charge is 0.270 e. The third kappa shape index (κ3) is 1.79. The van der Waals surface area contributed by atoms with E-state index in [0.717, 1.165) is 5.56 Å². The average Bonchev–Trinajstić information content (AvgIpc) is 2.62. The lowest BCUT2D eigenvalue weighted by Gasteiger charge is -1.91. The molecule has 0 aliphatic heterocycles. The van der Waals surface area contributed by atoms with Crippen LogP contribution >= 0.6 is 11.3 Å². The normalized spacial score (nSPS) is 10.1. The lowest BCUT2D eigenvalue weighted by Crippen LogP contribution is -2.13. The third-order valence-corrected chi connectivity index (χ3v) is 2.73. The van der Waals surface area contributed by atoms with E-state index in [4.69, 9.17) is 11.5 Å². The molecule has 0 aromatic carbocycles. The zero-order valence-electron chi connectivity index (χ0n) is 7.68. The van der Waals surface area contributed by atoms with Crippen molar-refractivity contribution in [3.8, 4) is 10.6 Å². The maximum Gasteiger partial charge on any atom is 0.270 e. The molecule has 4 N–H and O–H groups in total. The summed E-state index contributed by atoms with van der Waals surface area (Å²) in [4.78, 5) is 19.0. The van der Waals surface area contributed by atoms with Crippen LogP contribution in [-0.4, -0.2) is 15.9 Å². The number of hydrogen-bond acceptors (Lipinski definition) is 5. The molecule has 2 rings (SSSR count). The van der Waals surface area contributed by atoms with Crippen LogP contribution in [0.5, 0.6) is 0 Å². The van der Waals surface area contributed by atoms with E-state index in [1.807, 2.05) is 6.07 Å². The van der Waals surface area contributed by atoms with Crippen molar-refractivity contribution in [1.29, 1.82) is 0 Å². The number of nitrogens with zero attached hydrogens (tertiary/aromatic N) is 2. The number of carbonyl (C=O) groups is 1. The molecular weight excluding hydrogens is 212 g/mol. The summed E-state index contributed by atoms with van der Waals surface area (Å²) in [6, 6.07) is 3.63. The zero-order valence-corrected chi connectivity index (χ0v) is 8.49. The molecular formula is C9H8N4OS. The number of primary amides is 1. The van der Waals surface area contributed by atoms with Crippen LogP contribution < -0.4 is 11.5 Å². The lowest BCUT2D eigenvalue weighted by atomic mass is 10.3. The first-order valence-electron chi connectivity index (χ1n) is 4.15. The Bertz CT molecular complexity index is 494. The van der Waals surface area contributed by atoms with Gasteiger partial charge in [0.05, 0.1) is 0 Å². The number of hydrogen-bond donors (Lipinski definition) is 2. The van der Waals surface area contributed by atoms with E-state index in [0.29, 0.717) is 10.0 Å². The van der Waals surface area contributed by atoms with Crippen molar-refractivity contribution in [3.05, 3.63) is 30.2 Å². The Balaban J connectivity index is 2.48. The molecule has 15 heavy (non-hydrogen) atoms. The van der Waals surface area contributed by atoms with E-state index in [1.165, 1.54) is 11.3 Å². The molecule has 0 saturated heterocycles. The van der Waals surface area contributed by atoms with Crippen LogP contribution in [0.15, 0.2) is 24.5 Å². The highest BCUT2D eigenvalue weighted by Crippen LogP contribution is 2.28. The molecule has 0 bridgehead atoms. The van der Waals surface area contributed by atoms with Crippen molar-refractivity contribution in [2.45, 2.75) is 0 Å². The third-order valence-electron chi connectivity index (χ3n) is 1.80. The largest absolute Gasteiger partial charge is 0.389 e. The van der Waals surface area contributed by atoms with Crippen LogP contribution in [0, 0.1) is 0 Å². The van der Waals surface area contributed by atoms with Crippen molar-refractivity contribution in [2.24, 2.45) is 5.73 Å². The molecule has 0 radical (unpaired) electrons. The first-order chi connectivity index (χ1) is 7.18. The summed E-state index contributed by atoms with van der Waals surface area (Å²) in [6.07, 6.45) is 3.32. The SMILES string of the molecule is NC(=O)c1nc(-c2cccnc2)sc1N. The fourth-order valence-electron chi connectivity index (χ4n) is 1.12. The minimum atomic E-state index is -0.612. The summed E-state index contributed by atoms with van der Waals surface area (Å²) in [5, 5.41) is 0.982. The molecule has 0 spiro atoms. The minimum absolute atomic E-state index is 0.124. The Morgan fingerprint density at radius 1 is 1.47 bits per heavy atom. The van der Waals surface area contributed by atoms with Crippen LogP contribution in [0.2, 0.25) is 0 Å². The van der Waals surface area contributed by atoms with Crippen molar-refractivity contribution in [1.82, 2.24) is 9.97 Å². The number of aromatic nitrogens is 2. The van der Waals surface area contributed by atoms with Gasteiger partial charge in [-0.1, -0.05) is 11.3 Å². The van der Waals surface area contributed by atoms with E-state index >= 15 is 0 Å². The fraction of sp³-hybridized carbons (Fsp3) is 0. The number of anilines is 1. The van der Waals surface area contributed by atoms with Gasteiger partial charge in [-0.3, -0.25) is 9.78 Å². The summed E-state index contributed by atoms with van der Waals surface area (Å²) in [5.74, 6) is -0.612. The first-order valence-corrected chi connectivity index (χ1v) is 4.96.